The standard InChI is InChI=1S/C29H32F4N2O4S/c1-39-20-2-3-25-21(14-20)27(18(17-36)16-34-25)22(31)4-5-29(15-26(37)38)6-8-35(9-7-29)10-11-40-28-23(32)12-19(30)13-24(28)33/h2-3,12-14,16,22,36H,4-11,15,17H2,1H3,(H,37,38)/t22-/m0/s1. The van der Waals surface area contributed by atoms with Crippen LogP contribution >= 0.6 is 11.8 Å². The Kier molecular flexibility index (Phi) is 9.91. The molecule has 40 heavy (non-hydrogen) atoms. The molecule has 1 aliphatic heterocycles. The Bertz CT molecular complexity index is 1320. The fraction of sp³-hybridized carbons (Fsp3) is 0.448. The van der Waals surface area contributed by atoms with Crippen LogP contribution in [-0.2, 0) is 11.4 Å². The molecule has 2 heterocycles. The number of rotatable bonds is 12. The molecule has 1 saturated heterocycles. The number of alkyl halides is 1. The van der Waals surface area contributed by atoms with Gasteiger partial charge in [0.15, 0.2) is 0 Å². The quantitative estimate of drug-likeness (QED) is 0.192. The molecule has 1 fully saturated rings. The van der Waals surface area contributed by atoms with Crippen molar-refractivity contribution in [3.05, 3.63) is 65.1 Å². The Morgan fingerprint density at radius 2 is 1.88 bits per heavy atom. The van der Waals surface area contributed by atoms with Crippen LogP contribution in [0.5, 0.6) is 5.75 Å². The predicted octanol–water partition coefficient (Wildman–Crippen LogP) is 6.29. The summed E-state index contributed by atoms with van der Waals surface area (Å²) < 4.78 is 62.2. The average Bonchev–Trinajstić information content (AvgIpc) is 2.92. The third-order valence-corrected chi connectivity index (χ3v) is 8.74. The van der Waals surface area contributed by atoms with E-state index >= 15 is 4.39 Å². The van der Waals surface area contributed by atoms with Crippen molar-refractivity contribution in [2.24, 2.45) is 5.41 Å². The minimum atomic E-state index is -1.44. The molecule has 1 atom stereocenters. The van der Waals surface area contributed by atoms with Gasteiger partial charge in [0.25, 0.3) is 0 Å². The SMILES string of the molecule is COc1ccc2ncc(CO)c([C@@H](F)CCC3(CC(=O)O)CCN(CCSc4c(F)cc(F)cc4F)CC3)c2c1. The number of hydrogen-bond acceptors (Lipinski definition) is 6. The highest BCUT2D eigenvalue weighted by Gasteiger charge is 2.37. The Labute approximate surface area is 234 Å². The lowest BCUT2D eigenvalue weighted by atomic mass is 9.71. The van der Waals surface area contributed by atoms with Crippen molar-refractivity contribution in [1.82, 2.24) is 9.88 Å². The maximum Gasteiger partial charge on any atom is 0.303 e. The highest BCUT2D eigenvalue weighted by molar-refractivity contribution is 7.99. The molecule has 0 saturated carbocycles. The normalized spacial score (nSPS) is 16.2. The number of aliphatic hydroxyl groups excluding tert-OH is 1. The largest absolute Gasteiger partial charge is 0.497 e. The van der Waals surface area contributed by atoms with Crippen molar-refractivity contribution in [1.29, 1.82) is 0 Å². The Morgan fingerprint density at radius 1 is 1.18 bits per heavy atom. The molecule has 0 amide bonds. The second kappa shape index (κ2) is 13.2. The lowest BCUT2D eigenvalue weighted by molar-refractivity contribution is -0.141. The molecule has 0 unspecified atom stereocenters. The zero-order valence-corrected chi connectivity index (χ0v) is 23.0. The van der Waals surface area contributed by atoms with Crippen LogP contribution in [0, 0.1) is 22.9 Å². The molecule has 0 radical (unpaired) electrons. The molecule has 1 aliphatic rings. The van der Waals surface area contributed by atoms with Crippen molar-refractivity contribution >= 4 is 28.6 Å². The van der Waals surface area contributed by atoms with E-state index in [2.05, 4.69) is 9.88 Å². The fourth-order valence-electron chi connectivity index (χ4n) is 5.46. The Hall–Kier alpha value is -2.89. The minimum absolute atomic E-state index is 0.0789. The molecule has 0 aliphatic carbocycles. The van der Waals surface area contributed by atoms with E-state index in [1.165, 1.54) is 13.3 Å². The second-order valence-electron chi connectivity index (χ2n) is 10.2. The topological polar surface area (TPSA) is 82.9 Å². The smallest absolute Gasteiger partial charge is 0.303 e. The lowest BCUT2D eigenvalue weighted by Crippen LogP contribution is -2.42. The molecule has 11 heteroatoms. The van der Waals surface area contributed by atoms with Gasteiger partial charge in [-0.2, -0.15) is 0 Å². The number of pyridine rings is 1. The number of piperidine rings is 1. The van der Waals surface area contributed by atoms with Crippen LogP contribution in [0.2, 0.25) is 0 Å². The number of likely N-dealkylation sites (tertiary alicyclic amines) is 1. The molecule has 0 spiro atoms. The summed E-state index contributed by atoms with van der Waals surface area (Å²) in [4.78, 5) is 17.9. The van der Waals surface area contributed by atoms with Crippen molar-refractivity contribution < 1.29 is 37.3 Å². The number of aromatic nitrogens is 1. The summed E-state index contributed by atoms with van der Waals surface area (Å²) in [5.41, 5.74) is 0.686. The van der Waals surface area contributed by atoms with Gasteiger partial charge in [0.2, 0.25) is 0 Å². The lowest BCUT2D eigenvalue weighted by Gasteiger charge is -2.41. The van der Waals surface area contributed by atoms with Crippen molar-refractivity contribution in [2.75, 3.05) is 32.5 Å². The van der Waals surface area contributed by atoms with E-state index < -0.39 is 35.0 Å². The summed E-state index contributed by atoms with van der Waals surface area (Å²) >= 11 is 0.969. The van der Waals surface area contributed by atoms with E-state index in [9.17, 15) is 28.2 Å². The average molecular weight is 581 g/mol. The van der Waals surface area contributed by atoms with Gasteiger partial charge in [-0.05, 0) is 62.4 Å². The first kappa shape index (κ1) is 30.1. The van der Waals surface area contributed by atoms with Gasteiger partial charge in [-0.3, -0.25) is 9.78 Å². The Balaban J connectivity index is 1.41. The zero-order chi connectivity index (χ0) is 28.9. The second-order valence-corrected chi connectivity index (χ2v) is 11.3. The van der Waals surface area contributed by atoms with Crippen LogP contribution in [0.3, 0.4) is 0 Å². The van der Waals surface area contributed by atoms with Crippen LogP contribution in [0.25, 0.3) is 10.9 Å². The summed E-state index contributed by atoms with van der Waals surface area (Å²) in [6.45, 7) is 1.27. The molecule has 6 nitrogen and oxygen atoms in total. The van der Waals surface area contributed by atoms with E-state index in [1.807, 2.05) is 0 Å². The zero-order valence-electron chi connectivity index (χ0n) is 22.1. The van der Waals surface area contributed by atoms with Crippen LogP contribution in [0.4, 0.5) is 17.6 Å². The summed E-state index contributed by atoms with van der Waals surface area (Å²) in [7, 11) is 1.51. The van der Waals surface area contributed by atoms with Crippen LogP contribution in [0.15, 0.2) is 41.4 Å². The number of ether oxygens (including phenoxy) is 1. The van der Waals surface area contributed by atoms with E-state index in [4.69, 9.17) is 4.74 Å². The Morgan fingerprint density at radius 3 is 2.50 bits per heavy atom. The van der Waals surface area contributed by atoms with E-state index in [1.54, 1.807) is 18.2 Å². The summed E-state index contributed by atoms with van der Waals surface area (Å²) in [6.07, 6.45) is 1.42. The van der Waals surface area contributed by atoms with E-state index in [0.717, 1.165) is 11.8 Å². The monoisotopic (exact) mass is 580 g/mol. The predicted molar refractivity (Wildman–Crippen MR) is 145 cm³/mol. The van der Waals surface area contributed by atoms with Gasteiger partial charge in [-0.1, -0.05) is 0 Å². The molecule has 216 valence electrons. The van der Waals surface area contributed by atoms with E-state index in [-0.39, 0.29) is 24.3 Å². The van der Waals surface area contributed by atoms with Crippen LogP contribution < -0.4 is 4.74 Å². The third kappa shape index (κ3) is 7.05. The highest BCUT2D eigenvalue weighted by atomic mass is 32.2. The number of methoxy groups -OCH3 is 1. The fourth-order valence-corrected chi connectivity index (χ4v) is 6.41. The number of fused-ring (bicyclic) bond motifs is 1. The number of carboxylic acid groups (broad SMARTS) is 1. The summed E-state index contributed by atoms with van der Waals surface area (Å²) in [6, 6.07) is 6.45. The minimum Gasteiger partial charge on any atom is -0.497 e. The maximum atomic E-state index is 15.9. The number of halogens is 4. The third-order valence-electron chi connectivity index (χ3n) is 7.67. The first-order valence-corrected chi connectivity index (χ1v) is 14.1. The molecular formula is C29H32F4N2O4S. The summed E-state index contributed by atoms with van der Waals surface area (Å²) in [5.74, 6) is -2.88. The molecule has 0 bridgehead atoms. The van der Waals surface area contributed by atoms with Crippen LogP contribution in [-0.4, -0.2) is 58.6 Å². The van der Waals surface area contributed by atoms with Crippen molar-refractivity contribution in [3.8, 4) is 5.75 Å². The highest BCUT2D eigenvalue weighted by Crippen LogP contribution is 2.43. The van der Waals surface area contributed by atoms with E-state index in [0.29, 0.717) is 84.6 Å². The number of hydrogen-bond donors (Lipinski definition) is 2. The van der Waals surface area contributed by atoms with Gasteiger partial charge < -0.3 is 19.8 Å². The van der Waals surface area contributed by atoms with Gasteiger partial charge in [0, 0.05) is 47.1 Å². The molecule has 2 N–H and O–H groups in total. The number of nitrogens with zero attached hydrogens (tertiary/aromatic N) is 2. The number of aliphatic carboxylic acids is 1. The van der Waals surface area contributed by atoms with Gasteiger partial charge in [-0.15, -0.1) is 11.8 Å². The number of aliphatic hydroxyl groups is 1. The molecule has 1 aromatic heterocycles. The maximum absolute atomic E-state index is 15.9. The van der Waals surface area contributed by atoms with Crippen LogP contribution in [0.1, 0.15) is 49.4 Å². The van der Waals surface area contributed by atoms with Crippen molar-refractivity contribution in [3.63, 3.8) is 0 Å². The van der Waals surface area contributed by atoms with Gasteiger partial charge in [0.05, 0.1) is 30.5 Å². The first-order chi connectivity index (χ1) is 19.1. The number of thioether (sulfide) groups is 1. The van der Waals surface area contributed by atoms with Crippen molar-refractivity contribution in [2.45, 2.75) is 49.8 Å². The number of carboxylic acids is 1. The van der Waals surface area contributed by atoms with Gasteiger partial charge in [-0.25, -0.2) is 17.6 Å². The molecule has 3 aromatic rings. The summed E-state index contributed by atoms with van der Waals surface area (Å²) in [5, 5.41) is 20.1. The number of benzene rings is 2. The number of carbonyl (C=O) groups is 1. The molecule has 2 aromatic carbocycles. The first-order valence-electron chi connectivity index (χ1n) is 13.1. The van der Waals surface area contributed by atoms with Gasteiger partial charge in [0.1, 0.15) is 29.4 Å². The molecular weight excluding hydrogens is 548 g/mol. The van der Waals surface area contributed by atoms with Gasteiger partial charge >= 0.3 is 5.97 Å². The molecule has 4 rings (SSSR count).